The van der Waals surface area contributed by atoms with Crippen molar-refractivity contribution >= 4 is 11.9 Å². The van der Waals surface area contributed by atoms with Crippen LogP contribution in [0.25, 0.3) is 0 Å². The van der Waals surface area contributed by atoms with Gasteiger partial charge in [-0.15, -0.1) is 0 Å². The van der Waals surface area contributed by atoms with E-state index in [1.807, 2.05) is 20.8 Å². The fourth-order valence-corrected chi connectivity index (χ4v) is 8.65. The van der Waals surface area contributed by atoms with Crippen molar-refractivity contribution < 1.29 is 39.5 Å². The second-order valence-electron chi connectivity index (χ2n) is 13.6. The van der Waals surface area contributed by atoms with Crippen LogP contribution >= 0.6 is 0 Å². The summed E-state index contributed by atoms with van der Waals surface area (Å²) in [6, 6.07) is 0. The van der Waals surface area contributed by atoms with Gasteiger partial charge in [-0.3, -0.25) is 4.79 Å². The van der Waals surface area contributed by atoms with Crippen molar-refractivity contribution in [1.29, 1.82) is 0 Å². The third kappa shape index (κ3) is 4.55. The van der Waals surface area contributed by atoms with Gasteiger partial charge >= 0.3 is 11.9 Å². The number of carbonyl (C=O) groups is 2. The van der Waals surface area contributed by atoms with Crippen molar-refractivity contribution in [3.63, 3.8) is 0 Å². The second-order valence-corrected chi connectivity index (χ2v) is 13.6. The predicted octanol–water partition coefficient (Wildman–Crippen LogP) is 4.15. The van der Waals surface area contributed by atoms with E-state index in [1.54, 1.807) is 39.0 Å². The predicted molar refractivity (Wildman–Crippen MR) is 154 cm³/mol. The first-order valence-corrected chi connectivity index (χ1v) is 15.4. The first-order valence-electron chi connectivity index (χ1n) is 15.4. The van der Waals surface area contributed by atoms with Crippen molar-refractivity contribution in [2.24, 2.45) is 28.6 Å². The first kappa shape index (κ1) is 31.9. The SMILES string of the molecule is C/C=C(/C)C(=O)O[C@H]1C(C)=C[C@]23C(O)[C@@H](C=C(CO)[C@@H](O)[C@]12O)[C@@H]1C(C)(C)[C@]1(OC(=O)CCCCCCC)C[C@H]3C. The largest absolute Gasteiger partial charge is 0.458 e. The molecule has 230 valence electrons. The maximum Gasteiger partial charge on any atom is 0.334 e. The highest BCUT2D eigenvalue weighted by atomic mass is 16.6. The van der Waals surface area contributed by atoms with Gasteiger partial charge in [0.2, 0.25) is 0 Å². The molecule has 2 bridgehead atoms. The molecule has 0 aliphatic heterocycles. The number of allylic oxidation sites excluding steroid dienone is 1. The summed E-state index contributed by atoms with van der Waals surface area (Å²) in [6.07, 6.45) is 6.71. The van der Waals surface area contributed by atoms with Gasteiger partial charge in [0.25, 0.3) is 0 Å². The second kappa shape index (κ2) is 11.3. The molecule has 41 heavy (non-hydrogen) atoms. The Morgan fingerprint density at radius 2 is 1.80 bits per heavy atom. The number of hydrogen-bond acceptors (Lipinski definition) is 8. The molecule has 0 aromatic rings. The minimum Gasteiger partial charge on any atom is -0.458 e. The maximum atomic E-state index is 13.2. The Morgan fingerprint density at radius 3 is 2.41 bits per heavy atom. The Bertz CT molecular complexity index is 1140. The minimum absolute atomic E-state index is 0.151. The van der Waals surface area contributed by atoms with Crippen molar-refractivity contribution in [2.45, 2.75) is 123 Å². The Morgan fingerprint density at radius 1 is 1.15 bits per heavy atom. The molecule has 1 spiro atoms. The van der Waals surface area contributed by atoms with E-state index in [1.165, 1.54) is 0 Å². The van der Waals surface area contributed by atoms with Crippen molar-refractivity contribution in [3.8, 4) is 0 Å². The van der Waals surface area contributed by atoms with E-state index in [4.69, 9.17) is 9.47 Å². The molecule has 4 N–H and O–H groups in total. The lowest BCUT2D eigenvalue weighted by Gasteiger charge is -2.52. The zero-order valence-electron chi connectivity index (χ0n) is 25.8. The molecule has 0 aromatic carbocycles. The van der Waals surface area contributed by atoms with Crippen LogP contribution in [0.1, 0.15) is 93.4 Å². The van der Waals surface area contributed by atoms with Crippen LogP contribution in [0, 0.1) is 28.6 Å². The zero-order valence-corrected chi connectivity index (χ0v) is 25.8. The lowest BCUT2D eigenvalue weighted by molar-refractivity contribution is -0.224. The number of esters is 2. The van der Waals surface area contributed by atoms with Gasteiger partial charge in [0, 0.05) is 29.2 Å². The summed E-state index contributed by atoms with van der Waals surface area (Å²) in [4.78, 5) is 26.1. The van der Waals surface area contributed by atoms with Crippen LogP contribution in [0.2, 0.25) is 0 Å². The van der Waals surface area contributed by atoms with E-state index in [2.05, 4.69) is 6.92 Å². The monoisotopic (exact) mass is 574 g/mol. The van der Waals surface area contributed by atoms with Gasteiger partial charge in [0.05, 0.1) is 18.1 Å². The van der Waals surface area contributed by atoms with Crippen LogP contribution < -0.4 is 0 Å². The molecule has 1 unspecified atom stereocenters. The van der Waals surface area contributed by atoms with Gasteiger partial charge in [0.15, 0.2) is 6.10 Å². The Labute approximate surface area is 244 Å². The number of carbonyl (C=O) groups excluding carboxylic acids is 2. The molecule has 9 atom stereocenters. The van der Waals surface area contributed by atoms with Crippen molar-refractivity contribution in [1.82, 2.24) is 0 Å². The average Bonchev–Trinajstić information content (AvgIpc) is 3.32. The molecule has 0 aromatic heterocycles. The highest BCUT2D eigenvalue weighted by Gasteiger charge is 2.83. The molecule has 4 aliphatic carbocycles. The summed E-state index contributed by atoms with van der Waals surface area (Å²) in [5, 5.41) is 47.0. The van der Waals surface area contributed by atoms with Gasteiger partial charge in [-0.2, -0.15) is 0 Å². The topological polar surface area (TPSA) is 134 Å². The van der Waals surface area contributed by atoms with Crippen molar-refractivity contribution in [2.75, 3.05) is 6.61 Å². The lowest BCUT2D eigenvalue weighted by atomic mass is 9.58. The van der Waals surface area contributed by atoms with Crippen LogP contribution in [0.15, 0.2) is 34.9 Å². The number of rotatable bonds is 10. The van der Waals surface area contributed by atoms with Crippen molar-refractivity contribution in [3.05, 3.63) is 34.9 Å². The molecular formula is C33H50O8. The van der Waals surface area contributed by atoms with Gasteiger partial charge in [-0.1, -0.05) is 71.6 Å². The van der Waals surface area contributed by atoms with Gasteiger partial charge in [-0.25, -0.2) is 4.79 Å². The fourth-order valence-electron chi connectivity index (χ4n) is 8.65. The van der Waals surface area contributed by atoms with E-state index in [0.717, 1.165) is 32.1 Å². The number of hydrogen-bond donors (Lipinski definition) is 4. The Kier molecular flexibility index (Phi) is 8.76. The molecule has 4 rings (SSSR count). The summed E-state index contributed by atoms with van der Waals surface area (Å²) >= 11 is 0. The summed E-state index contributed by atoms with van der Waals surface area (Å²) < 4.78 is 12.2. The van der Waals surface area contributed by atoms with Gasteiger partial charge < -0.3 is 29.9 Å². The molecule has 8 nitrogen and oxygen atoms in total. The number of aliphatic hydroxyl groups excluding tert-OH is 3. The maximum absolute atomic E-state index is 13.2. The summed E-state index contributed by atoms with van der Waals surface area (Å²) in [6.45, 7) is 12.6. The first-order chi connectivity index (χ1) is 19.2. The van der Waals surface area contributed by atoms with Crippen LogP contribution in [0.3, 0.4) is 0 Å². The number of aliphatic hydroxyl groups is 4. The third-order valence-electron chi connectivity index (χ3n) is 11.0. The Balaban J connectivity index is 1.76. The molecule has 2 saturated carbocycles. The quantitative estimate of drug-likeness (QED) is 0.132. The zero-order chi connectivity index (χ0) is 30.5. The molecular weight excluding hydrogens is 524 g/mol. The van der Waals surface area contributed by atoms with Gasteiger partial charge in [0.1, 0.15) is 17.3 Å². The summed E-state index contributed by atoms with van der Waals surface area (Å²) in [7, 11) is 0. The van der Waals surface area contributed by atoms with Crippen LogP contribution in [0.5, 0.6) is 0 Å². The highest BCUT2D eigenvalue weighted by molar-refractivity contribution is 5.88. The van der Waals surface area contributed by atoms with E-state index < -0.39 is 64.8 Å². The molecule has 0 saturated heterocycles. The minimum atomic E-state index is -2.16. The molecule has 2 fully saturated rings. The molecule has 0 radical (unpaired) electrons. The third-order valence-corrected chi connectivity index (χ3v) is 11.0. The molecule has 8 heteroatoms. The molecule has 4 aliphatic rings. The highest BCUT2D eigenvalue weighted by Crippen LogP contribution is 2.76. The Hall–Kier alpha value is -2.00. The standard InChI is InChI=1S/C33H50O8/c1-8-10-11-12-13-14-24(35)41-32-17-21(5)31-16-20(4)28(40-29(38)19(3)9-2)33(31,39)26(36)22(18-34)15-23(27(31)37)25(32)30(32,6)7/h9,15-16,21,23,25-28,34,36-37,39H,8,10-14,17-18H2,1-7H3/b19-9-/t21-,23+,25-,26-,27?,28+,31+,32+,33+/m1/s1. The summed E-state index contributed by atoms with van der Waals surface area (Å²) in [5.41, 5.74) is -3.96. The average molecular weight is 575 g/mol. The molecule has 0 amide bonds. The van der Waals surface area contributed by atoms with Crippen LogP contribution in [-0.4, -0.2) is 68.5 Å². The summed E-state index contributed by atoms with van der Waals surface area (Å²) in [5.74, 6) is -2.32. The fraction of sp³-hybridized carbons (Fsp3) is 0.758. The smallest absolute Gasteiger partial charge is 0.334 e. The number of ether oxygens (including phenoxy) is 2. The van der Waals surface area contributed by atoms with E-state index in [0.29, 0.717) is 24.0 Å². The number of unbranched alkanes of at least 4 members (excludes halogenated alkanes) is 4. The van der Waals surface area contributed by atoms with Gasteiger partial charge in [-0.05, 0) is 50.7 Å². The lowest BCUT2D eigenvalue weighted by Crippen LogP contribution is -2.67. The van der Waals surface area contributed by atoms with Crippen LogP contribution in [0.4, 0.5) is 0 Å². The van der Waals surface area contributed by atoms with E-state index >= 15 is 0 Å². The normalized spacial score (nSPS) is 40.8. The number of fused-ring (bicyclic) bond motifs is 3. The molecule has 0 heterocycles. The van der Waals surface area contributed by atoms with Crippen LogP contribution in [-0.2, 0) is 19.1 Å². The van der Waals surface area contributed by atoms with E-state index in [9.17, 15) is 30.0 Å². The van der Waals surface area contributed by atoms with E-state index in [-0.39, 0.29) is 17.5 Å².